The van der Waals surface area contributed by atoms with Crippen molar-refractivity contribution in [3.05, 3.63) is 34.6 Å². The van der Waals surface area contributed by atoms with Crippen LogP contribution in [-0.2, 0) is 0 Å². The summed E-state index contributed by atoms with van der Waals surface area (Å²) in [5.41, 5.74) is 0.442. The molecule has 2 aromatic rings. The number of hydrogen-bond acceptors (Lipinski definition) is 8. The van der Waals surface area contributed by atoms with Crippen LogP contribution < -0.4 is 20.1 Å². The predicted octanol–water partition coefficient (Wildman–Crippen LogP) is 4.24. The fourth-order valence-electron chi connectivity index (χ4n) is 6.36. The van der Waals surface area contributed by atoms with Crippen molar-refractivity contribution in [3.63, 3.8) is 0 Å². The lowest BCUT2D eigenvalue weighted by molar-refractivity contribution is -0.383. The normalized spacial score (nSPS) is 30.3. The first-order valence-corrected chi connectivity index (χ1v) is 10.5. The van der Waals surface area contributed by atoms with Crippen LogP contribution in [0, 0.1) is 27.9 Å². The van der Waals surface area contributed by atoms with Crippen LogP contribution in [0.3, 0.4) is 0 Å². The highest BCUT2D eigenvalue weighted by Crippen LogP contribution is 2.57. The average molecular weight is 409 g/mol. The lowest BCUT2D eigenvalue weighted by Gasteiger charge is -2.57. The number of nitro groups is 1. The Morgan fingerprint density at radius 2 is 1.67 bits per heavy atom. The molecule has 7 rings (SSSR count). The van der Waals surface area contributed by atoms with Gasteiger partial charge in [-0.25, -0.2) is 9.97 Å². The largest absolute Gasteiger partial charge is 0.454 e. The summed E-state index contributed by atoms with van der Waals surface area (Å²) in [6.07, 6.45) is 8.53. The summed E-state index contributed by atoms with van der Waals surface area (Å²) in [5.74, 6) is 3.93. The number of nitrogens with zero attached hydrogens (tertiary/aromatic N) is 3. The molecule has 156 valence electrons. The van der Waals surface area contributed by atoms with Gasteiger partial charge in [-0.3, -0.25) is 10.1 Å². The number of nitrogens with one attached hydrogen (secondary N) is 2. The van der Waals surface area contributed by atoms with E-state index in [1.54, 1.807) is 18.2 Å². The van der Waals surface area contributed by atoms with Gasteiger partial charge >= 0.3 is 5.69 Å². The number of benzene rings is 1. The van der Waals surface area contributed by atoms with Crippen molar-refractivity contribution in [2.24, 2.45) is 17.8 Å². The Labute approximate surface area is 173 Å². The Morgan fingerprint density at radius 3 is 2.37 bits per heavy atom. The number of rotatable bonds is 5. The molecule has 0 amide bonds. The molecular weight excluding hydrogens is 386 g/mol. The molecule has 0 spiro atoms. The second kappa shape index (κ2) is 6.45. The van der Waals surface area contributed by atoms with Gasteiger partial charge in [0.2, 0.25) is 18.4 Å². The van der Waals surface area contributed by atoms with Gasteiger partial charge in [-0.2, -0.15) is 0 Å². The molecule has 9 nitrogen and oxygen atoms in total. The fraction of sp³-hybridized carbons (Fsp3) is 0.524. The molecule has 30 heavy (non-hydrogen) atoms. The molecule has 1 aromatic heterocycles. The zero-order valence-corrected chi connectivity index (χ0v) is 16.5. The molecule has 0 atom stereocenters. The summed E-state index contributed by atoms with van der Waals surface area (Å²) < 4.78 is 10.7. The van der Waals surface area contributed by atoms with Gasteiger partial charge in [0.15, 0.2) is 11.5 Å². The smallest absolute Gasteiger partial charge is 0.353 e. The maximum Gasteiger partial charge on any atom is 0.353 e. The molecule has 4 fully saturated rings. The van der Waals surface area contributed by atoms with Gasteiger partial charge in [-0.1, -0.05) is 0 Å². The molecule has 5 aliphatic rings. The number of anilines is 3. The quantitative estimate of drug-likeness (QED) is 0.557. The highest BCUT2D eigenvalue weighted by Gasteiger charge is 2.51. The van der Waals surface area contributed by atoms with E-state index < -0.39 is 4.92 Å². The van der Waals surface area contributed by atoms with Crippen molar-refractivity contribution < 1.29 is 14.4 Å². The number of fused-ring (bicyclic) bond motifs is 1. The van der Waals surface area contributed by atoms with Crippen LogP contribution in [0.25, 0.3) is 0 Å². The van der Waals surface area contributed by atoms with E-state index in [2.05, 4.69) is 20.6 Å². The third kappa shape index (κ3) is 2.91. The monoisotopic (exact) mass is 409 g/mol. The zero-order valence-electron chi connectivity index (χ0n) is 16.5. The molecule has 0 radical (unpaired) electrons. The van der Waals surface area contributed by atoms with Gasteiger partial charge in [0.05, 0.1) is 4.92 Å². The number of aromatic nitrogens is 2. The van der Waals surface area contributed by atoms with E-state index in [0.717, 1.165) is 37.0 Å². The van der Waals surface area contributed by atoms with Gasteiger partial charge in [0, 0.05) is 17.3 Å². The van der Waals surface area contributed by atoms with E-state index in [1.165, 1.54) is 25.6 Å². The standard InChI is InChI=1S/C21H23N5O4/c27-26(28)18-19(24-15-1-2-16-17(6-15)30-11-29-16)22-10-23-20(18)25-21-7-12-3-13(8-21)5-14(4-12)9-21/h1-2,6,10,12-14H,3-5,7-9,11H2,(H2,22,23,24,25). The van der Waals surface area contributed by atoms with Crippen LogP contribution in [-0.4, -0.2) is 27.2 Å². The minimum absolute atomic E-state index is 0.0795. The lowest BCUT2D eigenvalue weighted by atomic mass is 9.53. The first kappa shape index (κ1) is 17.7. The second-order valence-corrected chi connectivity index (χ2v) is 9.19. The maximum absolute atomic E-state index is 12.0. The summed E-state index contributed by atoms with van der Waals surface area (Å²) in [6, 6.07) is 5.30. The molecule has 2 heterocycles. The van der Waals surface area contributed by atoms with Crippen LogP contribution in [0.4, 0.5) is 23.0 Å². The molecule has 0 unspecified atom stereocenters. The highest BCUT2D eigenvalue weighted by atomic mass is 16.7. The molecule has 1 aliphatic heterocycles. The molecular formula is C21H23N5O4. The topological polar surface area (TPSA) is 111 Å². The second-order valence-electron chi connectivity index (χ2n) is 9.19. The Morgan fingerprint density at radius 1 is 1.00 bits per heavy atom. The van der Waals surface area contributed by atoms with Crippen LogP contribution in [0.5, 0.6) is 11.5 Å². The van der Waals surface area contributed by atoms with Crippen molar-refractivity contribution in [2.75, 3.05) is 17.4 Å². The predicted molar refractivity (Wildman–Crippen MR) is 109 cm³/mol. The van der Waals surface area contributed by atoms with Crippen LogP contribution in [0.15, 0.2) is 24.5 Å². The van der Waals surface area contributed by atoms with Crippen molar-refractivity contribution in [2.45, 2.75) is 44.1 Å². The minimum Gasteiger partial charge on any atom is -0.454 e. The molecule has 9 heteroatoms. The highest BCUT2D eigenvalue weighted by molar-refractivity contribution is 5.75. The average Bonchev–Trinajstić information content (AvgIpc) is 3.14. The first-order valence-electron chi connectivity index (χ1n) is 10.5. The van der Waals surface area contributed by atoms with E-state index in [9.17, 15) is 10.1 Å². The summed E-state index contributed by atoms with van der Waals surface area (Å²) >= 11 is 0. The third-order valence-corrected chi connectivity index (χ3v) is 7.06. The SMILES string of the molecule is O=[N+]([O-])c1c(Nc2ccc3c(c2)OCO3)ncnc1NC12CC3CC(CC(C3)C1)C2. The van der Waals surface area contributed by atoms with Crippen molar-refractivity contribution in [3.8, 4) is 11.5 Å². The van der Waals surface area contributed by atoms with Crippen LogP contribution in [0.1, 0.15) is 38.5 Å². The van der Waals surface area contributed by atoms with Gasteiger partial charge in [-0.15, -0.1) is 0 Å². The number of ether oxygens (including phenoxy) is 2. The Bertz CT molecular complexity index is 991. The Balaban J connectivity index is 1.32. The Hall–Kier alpha value is -3.10. The molecule has 4 aliphatic carbocycles. The van der Waals surface area contributed by atoms with E-state index in [-0.39, 0.29) is 23.8 Å². The summed E-state index contributed by atoms with van der Waals surface area (Å²) in [4.78, 5) is 20.1. The van der Waals surface area contributed by atoms with Crippen LogP contribution >= 0.6 is 0 Å². The van der Waals surface area contributed by atoms with Crippen LogP contribution in [0.2, 0.25) is 0 Å². The Kier molecular flexibility index (Phi) is 3.81. The van der Waals surface area contributed by atoms with Crippen molar-refractivity contribution in [1.29, 1.82) is 0 Å². The maximum atomic E-state index is 12.0. The fourth-order valence-corrected chi connectivity index (χ4v) is 6.36. The van der Waals surface area contributed by atoms with Crippen molar-refractivity contribution in [1.82, 2.24) is 9.97 Å². The molecule has 0 saturated heterocycles. The molecule has 1 aromatic carbocycles. The third-order valence-electron chi connectivity index (χ3n) is 7.06. The zero-order chi connectivity index (χ0) is 20.3. The summed E-state index contributed by atoms with van der Waals surface area (Å²) in [6.45, 7) is 0.172. The van der Waals surface area contributed by atoms with E-state index >= 15 is 0 Å². The van der Waals surface area contributed by atoms with E-state index in [0.29, 0.717) is 23.0 Å². The van der Waals surface area contributed by atoms with Gasteiger partial charge in [-0.05, 0) is 68.4 Å². The van der Waals surface area contributed by atoms with E-state index in [4.69, 9.17) is 9.47 Å². The van der Waals surface area contributed by atoms with Gasteiger partial charge < -0.3 is 20.1 Å². The number of hydrogen-bond donors (Lipinski definition) is 2. The molecule has 2 N–H and O–H groups in total. The summed E-state index contributed by atoms with van der Waals surface area (Å²) in [7, 11) is 0. The lowest BCUT2D eigenvalue weighted by Crippen LogP contribution is -2.55. The van der Waals surface area contributed by atoms with Gasteiger partial charge in [0.1, 0.15) is 6.33 Å². The van der Waals surface area contributed by atoms with Crippen molar-refractivity contribution >= 4 is 23.0 Å². The summed E-state index contributed by atoms with van der Waals surface area (Å²) in [5, 5.41) is 18.6. The first-order chi connectivity index (χ1) is 14.6. The molecule has 4 saturated carbocycles. The van der Waals surface area contributed by atoms with E-state index in [1.807, 2.05) is 0 Å². The van der Waals surface area contributed by atoms with Gasteiger partial charge in [0.25, 0.3) is 0 Å². The minimum atomic E-state index is -0.405. The molecule has 4 bridgehead atoms.